The molecule has 0 saturated heterocycles. The number of fused-ring (bicyclic) bond motifs is 3. The summed E-state index contributed by atoms with van der Waals surface area (Å²) in [5, 5.41) is 1.28. The van der Waals surface area contributed by atoms with Crippen LogP contribution < -0.4 is 4.90 Å². The van der Waals surface area contributed by atoms with Gasteiger partial charge in [0.15, 0.2) is 0 Å². The van der Waals surface area contributed by atoms with Crippen LogP contribution in [0.2, 0.25) is 0 Å². The SMILES string of the molecule is C=C(C=O)[C@@H]1c2c(c3ccccc3n2Cc2ccccc2)CCN1c1ccccc1. The molecular formula is C27H24N2O. The van der Waals surface area contributed by atoms with Crippen LogP contribution in [-0.2, 0) is 17.8 Å². The molecule has 0 amide bonds. The highest BCUT2D eigenvalue weighted by Crippen LogP contribution is 2.42. The highest BCUT2D eigenvalue weighted by atomic mass is 16.1. The molecule has 1 aromatic heterocycles. The number of para-hydroxylation sites is 2. The van der Waals surface area contributed by atoms with E-state index in [9.17, 15) is 4.79 Å². The van der Waals surface area contributed by atoms with Gasteiger partial charge in [0.1, 0.15) is 6.29 Å². The third-order valence-corrected chi connectivity index (χ3v) is 6.07. The summed E-state index contributed by atoms with van der Waals surface area (Å²) >= 11 is 0. The predicted octanol–water partition coefficient (Wildman–Crippen LogP) is 5.55. The fourth-order valence-corrected chi connectivity index (χ4v) is 4.75. The Balaban J connectivity index is 1.74. The maximum absolute atomic E-state index is 11.9. The monoisotopic (exact) mass is 392 g/mol. The minimum atomic E-state index is -0.176. The zero-order valence-corrected chi connectivity index (χ0v) is 16.9. The van der Waals surface area contributed by atoms with Gasteiger partial charge in [-0.25, -0.2) is 0 Å². The summed E-state index contributed by atoms with van der Waals surface area (Å²) in [6, 6.07) is 29.2. The summed E-state index contributed by atoms with van der Waals surface area (Å²) in [6.45, 7) is 5.79. The molecular weight excluding hydrogens is 368 g/mol. The maximum Gasteiger partial charge on any atom is 0.147 e. The number of rotatable bonds is 5. The highest BCUT2D eigenvalue weighted by molar-refractivity contribution is 5.88. The summed E-state index contributed by atoms with van der Waals surface area (Å²) in [6.07, 6.45) is 1.86. The number of aromatic nitrogens is 1. The molecule has 5 rings (SSSR count). The Morgan fingerprint density at radius 1 is 0.933 bits per heavy atom. The molecule has 2 heterocycles. The van der Waals surface area contributed by atoms with Gasteiger partial charge in [0.25, 0.3) is 0 Å². The number of nitrogens with zero attached hydrogens (tertiary/aromatic N) is 2. The zero-order chi connectivity index (χ0) is 20.5. The first-order valence-electron chi connectivity index (χ1n) is 10.4. The first-order valence-corrected chi connectivity index (χ1v) is 10.4. The lowest BCUT2D eigenvalue weighted by atomic mass is 9.92. The van der Waals surface area contributed by atoms with Crippen LogP contribution in [0.3, 0.4) is 0 Å². The topological polar surface area (TPSA) is 25.2 Å². The largest absolute Gasteiger partial charge is 0.358 e. The lowest BCUT2D eigenvalue weighted by Gasteiger charge is -2.39. The summed E-state index contributed by atoms with van der Waals surface area (Å²) in [7, 11) is 0. The molecule has 1 aliphatic rings. The Labute approximate surface area is 176 Å². The van der Waals surface area contributed by atoms with Crippen molar-refractivity contribution in [2.24, 2.45) is 0 Å². The van der Waals surface area contributed by atoms with Gasteiger partial charge in [-0.3, -0.25) is 4.79 Å². The third-order valence-electron chi connectivity index (χ3n) is 6.07. The number of aldehydes is 1. The molecule has 0 aliphatic carbocycles. The van der Waals surface area contributed by atoms with Crippen molar-refractivity contribution >= 4 is 22.9 Å². The van der Waals surface area contributed by atoms with Crippen LogP contribution in [0.25, 0.3) is 10.9 Å². The molecule has 3 nitrogen and oxygen atoms in total. The van der Waals surface area contributed by atoms with Crippen molar-refractivity contribution < 1.29 is 4.79 Å². The first-order chi connectivity index (χ1) is 14.8. The van der Waals surface area contributed by atoms with Gasteiger partial charge in [0.2, 0.25) is 0 Å². The van der Waals surface area contributed by atoms with Crippen LogP contribution in [0.5, 0.6) is 0 Å². The number of carbonyl (C=O) groups is 1. The molecule has 0 unspecified atom stereocenters. The first kappa shape index (κ1) is 18.4. The number of hydrogen-bond donors (Lipinski definition) is 0. The van der Waals surface area contributed by atoms with E-state index >= 15 is 0 Å². The van der Waals surface area contributed by atoms with Crippen molar-refractivity contribution in [3.05, 3.63) is 114 Å². The van der Waals surface area contributed by atoms with Crippen LogP contribution in [0, 0.1) is 0 Å². The Morgan fingerprint density at radius 3 is 2.33 bits per heavy atom. The van der Waals surface area contributed by atoms with E-state index < -0.39 is 0 Å². The van der Waals surface area contributed by atoms with Gasteiger partial charge in [-0.05, 0) is 35.7 Å². The number of benzene rings is 3. The average molecular weight is 393 g/mol. The van der Waals surface area contributed by atoms with E-state index in [-0.39, 0.29) is 6.04 Å². The van der Waals surface area contributed by atoms with Crippen molar-refractivity contribution in [1.29, 1.82) is 0 Å². The minimum Gasteiger partial charge on any atom is -0.358 e. The van der Waals surface area contributed by atoms with Gasteiger partial charge in [-0.15, -0.1) is 0 Å². The van der Waals surface area contributed by atoms with Crippen LogP contribution in [0.1, 0.15) is 22.9 Å². The van der Waals surface area contributed by atoms with E-state index in [1.54, 1.807) is 0 Å². The summed E-state index contributed by atoms with van der Waals surface area (Å²) < 4.78 is 2.38. The normalized spacial score (nSPS) is 15.7. The third kappa shape index (κ3) is 3.03. The van der Waals surface area contributed by atoms with E-state index in [1.165, 1.54) is 27.7 Å². The Hall–Kier alpha value is -3.59. The molecule has 0 fully saturated rings. The van der Waals surface area contributed by atoms with Gasteiger partial charge in [-0.2, -0.15) is 0 Å². The average Bonchev–Trinajstić information content (AvgIpc) is 3.13. The standard InChI is InChI=1S/C27H24N2O/c1-20(19-30)26-27-24(16-17-28(26)22-12-6-3-7-13-22)23-14-8-9-15-25(23)29(27)18-21-10-4-2-5-11-21/h2-15,19,26H,1,16-18H2/t26-/m1/s1. The smallest absolute Gasteiger partial charge is 0.147 e. The molecule has 0 spiro atoms. The van der Waals surface area contributed by atoms with Crippen molar-refractivity contribution in [2.45, 2.75) is 19.0 Å². The van der Waals surface area contributed by atoms with Gasteiger partial charge >= 0.3 is 0 Å². The fraction of sp³-hybridized carbons (Fsp3) is 0.148. The van der Waals surface area contributed by atoms with Crippen LogP contribution in [0.4, 0.5) is 5.69 Å². The highest BCUT2D eigenvalue weighted by Gasteiger charge is 2.34. The molecule has 1 aliphatic heterocycles. The number of anilines is 1. The van der Waals surface area contributed by atoms with Gasteiger partial charge < -0.3 is 9.47 Å². The van der Waals surface area contributed by atoms with Gasteiger partial charge in [-0.1, -0.05) is 73.3 Å². The molecule has 3 aromatic carbocycles. The molecule has 1 atom stereocenters. The summed E-state index contributed by atoms with van der Waals surface area (Å²) in [4.78, 5) is 14.3. The van der Waals surface area contributed by atoms with E-state index in [1.807, 2.05) is 24.3 Å². The summed E-state index contributed by atoms with van der Waals surface area (Å²) in [5.74, 6) is 0. The van der Waals surface area contributed by atoms with E-state index in [0.717, 1.165) is 31.5 Å². The van der Waals surface area contributed by atoms with Crippen molar-refractivity contribution in [1.82, 2.24) is 4.57 Å². The van der Waals surface area contributed by atoms with Crippen LogP contribution in [-0.4, -0.2) is 17.4 Å². The molecule has 0 bridgehead atoms. The molecule has 3 heteroatoms. The minimum absolute atomic E-state index is 0.176. The van der Waals surface area contributed by atoms with Gasteiger partial charge in [0, 0.05) is 40.9 Å². The van der Waals surface area contributed by atoms with E-state index in [0.29, 0.717) is 5.57 Å². The quantitative estimate of drug-likeness (QED) is 0.329. The Morgan fingerprint density at radius 2 is 1.60 bits per heavy atom. The Kier molecular flexibility index (Phi) is 4.72. The molecule has 0 N–H and O–H groups in total. The zero-order valence-electron chi connectivity index (χ0n) is 16.9. The van der Waals surface area contributed by atoms with Crippen LogP contribution in [0.15, 0.2) is 97.1 Å². The van der Waals surface area contributed by atoms with E-state index in [2.05, 4.69) is 76.7 Å². The number of carbonyl (C=O) groups excluding carboxylic acids is 1. The summed E-state index contributed by atoms with van der Waals surface area (Å²) in [5.41, 5.74) is 6.69. The fourth-order valence-electron chi connectivity index (χ4n) is 4.75. The van der Waals surface area contributed by atoms with E-state index in [4.69, 9.17) is 0 Å². The second kappa shape index (κ2) is 7.68. The maximum atomic E-state index is 11.9. The molecule has 0 radical (unpaired) electrons. The second-order valence-electron chi connectivity index (χ2n) is 7.83. The predicted molar refractivity (Wildman–Crippen MR) is 123 cm³/mol. The number of hydrogen-bond acceptors (Lipinski definition) is 2. The van der Waals surface area contributed by atoms with Gasteiger partial charge in [0.05, 0.1) is 6.04 Å². The lowest BCUT2D eigenvalue weighted by Crippen LogP contribution is -2.38. The molecule has 0 saturated carbocycles. The molecule has 148 valence electrons. The second-order valence-corrected chi connectivity index (χ2v) is 7.83. The Bertz CT molecular complexity index is 1210. The molecule has 4 aromatic rings. The van der Waals surface area contributed by atoms with Crippen LogP contribution >= 0.6 is 0 Å². The van der Waals surface area contributed by atoms with Crippen molar-refractivity contribution in [3.8, 4) is 0 Å². The van der Waals surface area contributed by atoms with Crippen molar-refractivity contribution in [2.75, 3.05) is 11.4 Å². The molecule has 30 heavy (non-hydrogen) atoms. The lowest BCUT2D eigenvalue weighted by molar-refractivity contribution is -0.105. The van der Waals surface area contributed by atoms with Crippen molar-refractivity contribution in [3.63, 3.8) is 0 Å².